The van der Waals surface area contributed by atoms with E-state index in [4.69, 9.17) is 25.7 Å². The number of carbonyl (C=O) groups excluding carboxylic acids is 7. The molecule has 1 aliphatic heterocycles. The van der Waals surface area contributed by atoms with E-state index in [9.17, 15) is 53.7 Å². The molecule has 0 aromatic heterocycles. The molecule has 344 valence electrons. The number of esters is 1. The monoisotopic (exact) mass is 865 g/mol. The van der Waals surface area contributed by atoms with Crippen molar-refractivity contribution in [3.8, 4) is 0 Å². The van der Waals surface area contributed by atoms with Gasteiger partial charge in [0.25, 0.3) is 0 Å². The molecule has 0 radical (unpaired) electrons. The molecule has 0 saturated carbocycles. The van der Waals surface area contributed by atoms with Gasteiger partial charge in [-0.25, -0.2) is 4.79 Å². The van der Waals surface area contributed by atoms with Crippen LogP contribution in [0.3, 0.4) is 0 Å². The fourth-order valence-corrected chi connectivity index (χ4v) is 7.20. The van der Waals surface area contributed by atoms with E-state index in [-0.39, 0.29) is 36.7 Å². The maximum atomic E-state index is 13.5. The number of ketones is 2. The van der Waals surface area contributed by atoms with E-state index in [2.05, 4.69) is 10.6 Å². The second-order valence-corrected chi connectivity index (χ2v) is 17.2. The van der Waals surface area contributed by atoms with Crippen LogP contribution >= 0.6 is 0 Å². The number of allylic oxidation sites excluding steroid dienone is 4. The van der Waals surface area contributed by atoms with Crippen molar-refractivity contribution >= 4 is 47.1 Å². The van der Waals surface area contributed by atoms with Crippen molar-refractivity contribution < 1.29 is 67.9 Å². The SMILES string of the molecule is CC(=O)N[C@@H]1[C@@H](OC(C)CN(C(=O)C(C)(C)N)[C@H](CC(C)C(=O)O)C(N)=O)[C@H](O)[C@@H](COC(=O)[C@H](CC(C)C)NC(=O)CCCCCC2=C(C)C(=O)C(C)=C(C)C2=O)O[C@@H]1O. The number of carbonyl (C=O) groups is 8. The van der Waals surface area contributed by atoms with E-state index in [1.807, 2.05) is 13.8 Å². The van der Waals surface area contributed by atoms with Crippen LogP contribution in [-0.4, -0.2) is 135 Å². The van der Waals surface area contributed by atoms with Gasteiger partial charge in [0.15, 0.2) is 17.9 Å². The second kappa shape index (κ2) is 23.0. The lowest BCUT2D eigenvalue weighted by molar-refractivity contribution is -0.269. The van der Waals surface area contributed by atoms with Gasteiger partial charge in [0.1, 0.15) is 43.0 Å². The molecule has 1 heterocycles. The summed E-state index contributed by atoms with van der Waals surface area (Å²) >= 11 is 0. The number of hydrogen-bond donors (Lipinski definition) is 7. The third kappa shape index (κ3) is 15.1. The normalized spacial score (nSPS) is 23.0. The summed E-state index contributed by atoms with van der Waals surface area (Å²) in [6.45, 7) is 14.3. The predicted octanol–water partition coefficient (Wildman–Crippen LogP) is 0.703. The Kier molecular flexibility index (Phi) is 19.9. The van der Waals surface area contributed by atoms with E-state index in [0.717, 1.165) is 11.8 Å². The number of primary amides is 1. The summed E-state index contributed by atoms with van der Waals surface area (Å²) in [6, 6.07) is -3.87. The van der Waals surface area contributed by atoms with Crippen molar-refractivity contribution in [1.82, 2.24) is 15.5 Å². The van der Waals surface area contributed by atoms with Crippen molar-refractivity contribution in [2.24, 2.45) is 23.3 Å². The standard InChI is InChI=1S/C42H67N5O14/c1-20(2)16-28(46-31(49)15-13-11-12-14-27-25(7)33(50)23(5)24(6)34(27)51)39(56)59-19-30-35(52)36(32(40(57)61-30)45-26(8)48)60-22(4)18-47(41(58)42(9,10)44)29(37(43)53)17-21(3)38(54)55/h20-22,28-30,32,35-36,40,52,57H,11-19,44H2,1-10H3,(H2,43,53)(H,45,48)(H,46,49)(H,54,55)/t21?,22?,28-,29+,30+,32+,35+,36+,40-/m0/s1. The third-order valence-corrected chi connectivity index (χ3v) is 10.8. The van der Waals surface area contributed by atoms with E-state index >= 15 is 0 Å². The quantitative estimate of drug-likeness (QED) is 0.0423. The maximum absolute atomic E-state index is 13.5. The number of hydrogen-bond acceptors (Lipinski definition) is 14. The summed E-state index contributed by atoms with van der Waals surface area (Å²) < 4.78 is 17.2. The number of carboxylic acids is 1. The van der Waals surface area contributed by atoms with Gasteiger partial charge in [0.05, 0.1) is 17.6 Å². The molecule has 1 fully saturated rings. The Bertz CT molecular complexity index is 1720. The molecule has 61 heavy (non-hydrogen) atoms. The molecular weight excluding hydrogens is 798 g/mol. The number of ether oxygens (including phenoxy) is 3. The van der Waals surface area contributed by atoms with Crippen LogP contribution in [-0.2, 0) is 52.6 Å². The van der Waals surface area contributed by atoms with Gasteiger partial charge in [-0.1, -0.05) is 27.2 Å². The van der Waals surface area contributed by atoms with Crippen LogP contribution < -0.4 is 22.1 Å². The largest absolute Gasteiger partial charge is 0.481 e. The van der Waals surface area contributed by atoms with Crippen molar-refractivity contribution in [1.29, 1.82) is 0 Å². The highest BCUT2D eigenvalue weighted by molar-refractivity contribution is 6.24. The first-order chi connectivity index (χ1) is 28.2. The number of Topliss-reactive ketones (excluding diaryl/α,β-unsaturated/α-hetero) is 2. The van der Waals surface area contributed by atoms with Gasteiger partial charge < -0.3 is 56.5 Å². The number of nitrogens with two attached hydrogens (primary N) is 2. The molecular formula is C42H67N5O14. The molecule has 2 unspecified atom stereocenters. The molecule has 2 aliphatic rings. The smallest absolute Gasteiger partial charge is 0.328 e. The zero-order valence-electron chi connectivity index (χ0n) is 37.1. The van der Waals surface area contributed by atoms with E-state index < -0.39 is 109 Å². The Morgan fingerprint density at radius 1 is 0.918 bits per heavy atom. The topological polar surface area (TPSA) is 304 Å². The lowest BCUT2D eigenvalue weighted by Crippen LogP contribution is -2.66. The fraction of sp³-hybridized carbons (Fsp3) is 0.714. The average molecular weight is 866 g/mol. The Hall–Kier alpha value is -4.56. The first-order valence-electron chi connectivity index (χ1n) is 20.7. The van der Waals surface area contributed by atoms with Crippen LogP contribution in [0.2, 0.25) is 0 Å². The zero-order chi connectivity index (χ0) is 46.7. The van der Waals surface area contributed by atoms with Gasteiger partial charge in [-0.05, 0) is 79.6 Å². The fourth-order valence-electron chi connectivity index (χ4n) is 7.20. The molecule has 0 spiro atoms. The number of amides is 4. The van der Waals surface area contributed by atoms with Gasteiger partial charge >= 0.3 is 11.9 Å². The van der Waals surface area contributed by atoms with Crippen molar-refractivity contribution in [2.45, 2.75) is 169 Å². The number of rotatable bonds is 23. The average Bonchev–Trinajstić information content (AvgIpc) is 3.16. The molecule has 2 rings (SSSR count). The highest BCUT2D eigenvalue weighted by atomic mass is 16.6. The van der Waals surface area contributed by atoms with Crippen LogP contribution in [0.5, 0.6) is 0 Å². The molecule has 1 saturated heterocycles. The predicted molar refractivity (Wildman–Crippen MR) is 220 cm³/mol. The van der Waals surface area contributed by atoms with Gasteiger partial charge in [-0.15, -0.1) is 0 Å². The first kappa shape index (κ1) is 52.6. The zero-order valence-corrected chi connectivity index (χ0v) is 37.1. The summed E-state index contributed by atoms with van der Waals surface area (Å²) in [4.78, 5) is 102. The van der Waals surface area contributed by atoms with Crippen molar-refractivity contribution in [3.05, 3.63) is 22.3 Å². The number of unbranched alkanes of at least 4 members (excludes halogenated alkanes) is 2. The molecule has 0 aromatic rings. The summed E-state index contributed by atoms with van der Waals surface area (Å²) in [7, 11) is 0. The molecule has 9 N–H and O–H groups in total. The van der Waals surface area contributed by atoms with Gasteiger partial charge in [0.2, 0.25) is 23.6 Å². The van der Waals surface area contributed by atoms with Crippen LogP contribution in [0.25, 0.3) is 0 Å². The molecule has 1 aliphatic carbocycles. The Morgan fingerprint density at radius 2 is 1.52 bits per heavy atom. The van der Waals surface area contributed by atoms with E-state index in [0.29, 0.717) is 48.0 Å². The van der Waals surface area contributed by atoms with Crippen molar-refractivity contribution in [2.75, 3.05) is 13.2 Å². The number of aliphatic hydroxyl groups is 2. The summed E-state index contributed by atoms with van der Waals surface area (Å²) in [6.07, 6.45) is -5.46. The minimum Gasteiger partial charge on any atom is -0.481 e. The van der Waals surface area contributed by atoms with E-state index in [1.165, 1.54) is 27.7 Å². The molecule has 0 aromatic carbocycles. The van der Waals surface area contributed by atoms with Gasteiger partial charge in [0, 0.05) is 42.2 Å². The Morgan fingerprint density at radius 3 is 2.07 bits per heavy atom. The summed E-state index contributed by atoms with van der Waals surface area (Å²) in [5, 5.41) is 37.2. The van der Waals surface area contributed by atoms with Crippen LogP contribution in [0, 0.1) is 11.8 Å². The minimum absolute atomic E-state index is 0.0555. The second-order valence-electron chi connectivity index (χ2n) is 17.2. The Labute approximate surface area is 357 Å². The van der Waals surface area contributed by atoms with Gasteiger partial charge in [-0.3, -0.25) is 33.6 Å². The maximum Gasteiger partial charge on any atom is 0.328 e. The lowest BCUT2D eigenvalue weighted by Gasteiger charge is -2.44. The number of aliphatic hydroxyl groups excluding tert-OH is 2. The van der Waals surface area contributed by atoms with Crippen LogP contribution in [0.4, 0.5) is 0 Å². The third-order valence-electron chi connectivity index (χ3n) is 10.8. The lowest BCUT2D eigenvalue weighted by atomic mass is 9.84. The number of nitrogens with zero attached hydrogens (tertiary/aromatic N) is 1. The highest BCUT2D eigenvalue weighted by Crippen LogP contribution is 2.28. The van der Waals surface area contributed by atoms with Crippen LogP contribution in [0.1, 0.15) is 114 Å². The number of carboxylic acid groups (broad SMARTS) is 1. The highest BCUT2D eigenvalue weighted by Gasteiger charge is 2.48. The Balaban J connectivity index is 2.16. The molecule has 4 amide bonds. The van der Waals surface area contributed by atoms with Gasteiger partial charge in [-0.2, -0.15) is 0 Å². The minimum atomic E-state index is -1.80. The molecule has 9 atom stereocenters. The van der Waals surface area contributed by atoms with E-state index in [1.54, 1.807) is 20.8 Å². The molecule has 19 nitrogen and oxygen atoms in total. The van der Waals surface area contributed by atoms with Crippen LogP contribution in [0.15, 0.2) is 22.3 Å². The van der Waals surface area contributed by atoms with Crippen molar-refractivity contribution in [3.63, 3.8) is 0 Å². The summed E-state index contributed by atoms with van der Waals surface area (Å²) in [5.74, 6) is -6.28. The molecule has 19 heteroatoms. The first-order valence-corrected chi connectivity index (χ1v) is 20.7. The summed E-state index contributed by atoms with van der Waals surface area (Å²) in [5.41, 5.74) is 12.0. The molecule has 0 bridgehead atoms. The number of nitrogens with one attached hydrogen (secondary N) is 2. The number of aliphatic carboxylic acids is 1.